The molecule has 1 N–H and O–H groups in total. The lowest BCUT2D eigenvalue weighted by Gasteiger charge is -2.37. The van der Waals surface area contributed by atoms with Crippen LogP contribution in [-0.4, -0.2) is 18.6 Å². The molecule has 1 heterocycles. The number of para-hydroxylation sites is 1. The topological polar surface area (TPSA) is 47.6 Å². The summed E-state index contributed by atoms with van der Waals surface area (Å²) in [6, 6.07) is 15.8. The Labute approximate surface area is 149 Å². The average molecular weight is 339 g/mol. The van der Waals surface area contributed by atoms with Crippen molar-refractivity contribution in [3.05, 3.63) is 59.7 Å². The maximum Gasteiger partial charge on any atom is 0.220 e. The molecule has 3 rings (SSSR count). The Balaban J connectivity index is 1.62. The maximum atomic E-state index is 12.5. The van der Waals surface area contributed by atoms with E-state index in [1.165, 1.54) is 0 Å². The summed E-state index contributed by atoms with van der Waals surface area (Å²) >= 11 is 0. The number of rotatable bonds is 5. The van der Waals surface area contributed by atoms with Crippen LogP contribution in [-0.2, 0) is 11.2 Å². The average Bonchev–Trinajstić information content (AvgIpc) is 2.59. The molecule has 2 aromatic carbocycles. The van der Waals surface area contributed by atoms with Crippen molar-refractivity contribution >= 4 is 5.91 Å². The number of hydrogen-bond acceptors (Lipinski definition) is 3. The summed E-state index contributed by atoms with van der Waals surface area (Å²) in [5.41, 5.74) is 1.89. The first-order valence-corrected chi connectivity index (χ1v) is 8.67. The zero-order chi connectivity index (χ0) is 17.9. The molecule has 0 aliphatic carbocycles. The summed E-state index contributed by atoms with van der Waals surface area (Å²) in [7, 11) is 1.65. The fraction of sp³-hybridized carbons (Fsp3) is 0.381. The molecule has 4 heteroatoms. The molecular formula is C21H25NO3. The largest absolute Gasteiger partial charge is 0.497 e. The van der Waals surface area contributed by atoms with Crippen LogP contribution in [0.1, 0.15) is 43.9 Å². The fourth-order valence-electron chi connectivity index (χ4n) is 3.25. The minimum Gasteiger partial charge on any atom is -0.497 e. The van der Waals surface area contributed by atoms with Gasteiger partial charge in [-0.1, -0.05) is 30.3 Å². The van der Waals surface area contributed by atoms with Gasteiger partial charge in [0, 0.05) is 18.4 Å². The zero-order valence-electron chi connectivity index (χ0n) is 15.0. The van der Waals surface area contributed by atoms with Crippen LogP contribution in [0.15, 0.2) is 48.5 Å². The highest BCUT2D eigenvalue weighted by Crippen LogP contribution is 2.39. The molecule has 1 atom stereocenters. The predicted octanol–water partition coefficient (Wildman–Crippen LogP) is 4.05. The first-order valence-electron chi connectivity index (χ1n) is 8.67. The first kappa shape index (κ1) is 17.3. The monoisotopic (exact) mass is 339 g/mol. The Hall–Kier alpha value is -2.49. The Bertz CT molecular complexity index is 737. The van der Waals surface area contributed by atoms with Gasteiger partial charge in [-0.2, -0.15) is 0 Å². The molecule has 1 amide bonds. The molecule has 0 saturated carbocycles. The molecule has 0 radical (unpaired) electrons. The van der Waals surface area contributed by atoms with E-state index in [1.807, 2.05) is 48.5 Å². The van der Waals surface area contributed by atoms with Crippen LogP contribution in [0, 0.1) is 0 Å². The molecule has 0 unspecified atom stereocenters. The van der Waals surface area contributed by atoms with Crippen LogP contribution in [0.4, 0.5) is 0 Å². The van der Waals surface area contributed by atoms with Crippen LogP contribution < -0.4 is 14.8 Å². The lowest BCUT2D eigenvalue weighted by Crippen LogP contribution is -2.41. The first-order chi connectivity index (χ1) is 12.0. The van der Waals surface area contributed by atoms with Crippen molar-refractivity contribution < 1.29 is 14.3 Å². The van der Waals surface area contributed by atoms with Gasteiger partial charge in [-0.3, -0.25) is 4.79 Å². The van der Waals surface area contributed by atoms with E-state index in [0.29, 0.717) is 12.8 Å². The maximum absolute atomic E-state index is 12.5. The van der Waals surface area contributed by atoms with Crippen LogP contribution in [0.2, 0.25) is 0 Å². The van der Waals surface area contributed by atoms with E-state index in [1.54, 1.807) is 7.11 Å². The number of nitrogens with one attached hydrogen (secondary N) is 1. The lowest BCUT2D eigenvalue weighted by atomic mass is 9.89. The Morgan fingerprint density at radius 1 is 1.20 bits per heavy atom. The lowest BCUT2D eigenvalue weighted by molar-refractivity contribution is -0.122. The van der Waals surface area contributed by atoms with Crippen LogP contribution in [0.5, 0.6) is 11.5 Å². The summed E-state index contributed by atoms with van der Waals surface area (Å²) in [5, 5.41) is 3.18. The standard InChI is InChI=1S/C21H25NO3/c1-21(2)14-18(17-6-4-5-7-19(17)25-21)22-20(23)13-10-15-8-11-16(24-3)12-9-15/h4-9,11-12,18H,10,13-14H2,1-3H3,(H,22,23)/t18-/m0/s1. The molecule has 0 bridgehead atoms. The van der Waals surface area contributed by atoms with Crippen molar-refractivity contribution in [3.8, 4) is 11.5 Å². The van der Waals surface area contributed by atoms with Crippen molar-refractivity contribution in [3.63, 3.8) is 0 Å². The van der Waals surface area contributed by atoms with E-state index in [-0.39, 0.29) is 17.6 Å². The van der Waals surface area contributed by atoms with E-state index in [0.717, 1.165) is 29.0 Å². The van der Waals surface area contributed by atoms with Gasteiger partial charge in [0.05, 0.1) is 13.2 Å². The van der Waals surface area contributed by atoms with Gasteiger partial charge in [0.1, 0.15) is 17.1 Å². The molecule has 4 nitrogen and oxygen atoms in total. The minimum absolute atomic E-state index is 0.0108. The van der Waals surface area contributed by atoms with Crippen molar-refractivity contribution in [2.75, 3.05) is 7.11 Å². The molecule has 0 aromatic heterocycles. The third-order valence-electron chi connectivity index (χ3n) is 4.51. The quantitative estimate of drug-likeness (QED) is 0.894. The number of amides is 1. The van der Waals surface area contributed by atoms with E-state index >= 15 is 0 Å². The van der Waals surface area contributed by atoms with E-state index in [2.05, 4.69) is 19.2 Å². The Kier molecular flexibility index (Phi) is 4.98. The number of benzene rings is 2. The number of carbonyl (C=O) groups excluding carboxylic acids is 1. The number of methoxy groups -OCH3 is 1. The molecular weight excluding hydrogens is 314 g/mol. The molecule has 0 spiro atoms. The second-order valence-electron chi connectivity index (χ2n) is 7.07. The van der Waals surface area contributed by atoms with Gasteiger partial charge in [0.25, 0.3) is 0 Å². The van der Waals surface area contributed by atoms with Crippen LogP contribution in [0.25, 0.3) is 0 Å². The van der Waals surface area contributed by atoms with Crippen molar-refractivity contribution in [2.24, 2.45) is 0 Å². The van der Waals surface area contributed by atoms with Gasteiger partial charge in [0.15, 0.2) is 0 Å². The summed E-state index contributed by atoms with van der Waals surface area (Å²) < 4.78 is 11.2. The predicted molar refractivity (Wildman–Crippen MR) is 98.0 cm³/mol. The Morgan fingerprint density at radius 3 is 2.64 bits per heavy atom. The molecule has 25 heavy (non-hydrogen) atoms. The smallest absolute Gasteiger partial charge is 0.220 e. The van der Waals surface area contributed by atoms with Crippen molar-refractivity contribution in [1.29, 1.82) is 0 Å². The normalized spacial score (nSPS) is 18.0. The Morgan fingerprint density at radius 2 is 1.92 bits per heavy atom. The molecule has 0 saturated heterocycles. The highest BCUT2D eigenvalue weighted by Gasteiger charge is 2.34. The highest BCUT2D eigenvalue weighted by molar-refractivity contribution is 5.77. The van der Waals surface area contributed by atoms with Gasteiger partial charge in [-0.25, -0.2) is 0 Å². The number of carbonyl (C=O) groups is 1. The van der Waals surface area contributed by atoms with Crippen LogP contribution in [0.3, 0.4) is 0 Å². The third-order valence-corrected chi connectivity index (χ3v) is 4.51. The number of ether oxygens (including phenoxy) is 2. The molecule has 1 aliphatic heterocycles. The van der Waals surface area contributed by atoms with Crippen molar-refractivity contribution in [1.82, 2.24) is 5.32 Å². The third kappa shape index (κ3) is 4.32. The SMILES string of the molecule is COc1ccc(CCC(=O)N[C@H]2CC(C)(C)Oc3ccccc32)cc1. The summed E-state index contributed by atoms with van der Waals surface area (Å²) in [6.45, 7) is 4.11. The number of hydrogen-bond donors (Lipinski definition) is 1. The van der Waals surface area contributed by atoms with Gasteiger partial charge in [0.2, 0.25) is 5.91 Å². The summed E-state index contributed by atoms with van der Waals surface area (Å²) in [6.07, 6.45) is 1.94. The van der Waals surface area contributed by atoms with E-state index in [9.17, 15) is 4.79 Å². The second-order valence-corrected chi connectivity index (χ2v) is 7.07. The molecule has 1 aliphatic rings. The highest BCUT2D eigenvalue weighted by atomic mass is 16.5. The van der Waals surface area contributed by atoms with Crippen molar-refractivity contribution in [2.45, 2.75) is 44.8 Å². The number of fused-ring (bicyclic) bond motifs is 1. The van der Waals surface area contributed by atoms with E-state index in [4.69, 9.17) is 9.47 Å². The van der Waals surface area contributed by atoms with Gasteiger partial charge >= 0.3 is 0 Å². The van der Waals surface area contributed by atoms with Gasteiger partial charge < -0.3 is 14.8 Å². The zero-order valence-corrected chi connectivity index (χ0v) is 15.0. The molecule has 0 fully saturated rings. The van der Waals surface area contributed by atoms with E-state index < -0.39 is 0 Å². The van der Waals surface area contributed by atoms with Crippen LogP contribution >= 0.6 is 0 Å². The molecule has 132 valence electrons. The van der Waals surface area contributed by atoms with Gasteiger partial charge in [-0.05, 0) is 44.0 Å². The fourth-order valence-corrected chi connectivity index (χ4v) is 3.25. The minimum atomic E-state index is -0.289. The number of aryl methyl sites for hydroxylation is 1. The molecule has 2 aromatic rings. The second kappa shape index (κ2) is 7.18. The van der Waals surface area contributed by atoms with Gasteiger partial charge in [-0.15, -0.1) is 0 Å². The summed E-state index contributed by atoms with van der Waals surface area (Å²) in [4.78, 5) is 12.5. The summed E-state index contributed by atoms with van der Waals surface area (Å²) in [5.74, 6) is 1.75.